The summed E-state index contributed by atoms with van der Waals surface area (Å²) in [6.45, 7) is 5.63. The number of nitrogen functional groups attached to an aromatic ring is 1. The third kappa shape index (κ3) is 3.88. The fraction of sp³-hybridized carbons (Fsp3) is 0.500. The molecular formula is C12H18FN3O4S. The van der Waals surface area contributed by atoms with Gasteiger partial charge in [0.1, 0.15) is 4.90 Å². The van der Waals surface area contributed by atoms with Crippen LogP contribution >= 0.6 is 0 Å². The van der Waals surface area contributed by atoms with Gasteiger partial charge in [0.15, 0.2) is 5.82 Å². The van der Waals surface area contributed by atoms with Crippen molar-refractivity contribution in [2.75, 3.05) is 19.3 Å². The lowest BCUT2D eigenvalue weighted by molar-refractivity contribution is -0.385. The molecule has 1 aromatic rings. The van der Waals surface area contributed by atoms with Gasteiger partial charge in [0, 0.05) is 19.7 Å². The van der Waals surface area contributed by atoms with Crippen molar-refractivity contribution in [3.63, 3.8) is 0 Å². The van der Waals surface area contributed by atoms with E-state index in [1.807, 2.05) is 20.8 Å². The van der Waals surface area contributed by atoms with Crippen LogP contribution in [0.3, 0.4) is 0 Å². The summed E-state index contributed by atoms with van der Waals surface area (Å²) >= 11 is 0. The van der Waals surface area contributed by atoms with Gasteiger partial charge < -0.3 is 5.73 Å². The molecule has 21 heavy (non-hydrogen) atoms. The minimum Gasteiger partial charge on any atom is -0.397 e. The number of nitro groups is 1. The average Bonchev–Trinajstić information content (AvgIpc) is 2.24. The average molecular weight is 319 g/mol. The number of rotatable bonds is 4. The van der Waals surface area contributed by atoms with Gasteiger partial charge in [-0.3, -0.25) is 10.1 Å². The molecule has 0 radical (unpaired) electrons. The Kier molecular flexibility index (Phi) is 4.59. The summed E-state index contributed by atoms with van der Waals surface area (Å²) in [6, 6.07) is 1.38. The van der Waals surface area contributed by atoms with E-state index >= 15 is 0 Å². The smallest absolute Gasteiger partial charge is 0.274 e. The van der Waals surface area contributed by atoms with Crippen molar-refractivity contribution in [1.29, 1.82) is 0 Å². The molecule has 0 heterocycles. The van der Waals surface area contributed by atoms with Gasteiger partial charge in [-0.2, -0.15) is 0 Å². The first kappa shape index (κ1) is 17.3. The van der Waals surface area contributed by atoms with E-state index in [-0.39, 0.29) is 12.0 Å². The van der Waals surface area contributed by atoms with Crippen molar-refractivity contribution in [1.82, 2.24) is 4.31 Å². The summed E-state index contributed by atoms with van der Waals surface area (Å²) < 4.78 is 39.7. The third-order valence-electron chi connectivity index (χ3n) is 2.63. The Hall–Kier alpha value is -1.74. The van der Waals surface area contributed by atoms with E-state index in [0.29, 0.717) is 6.07 Å². The summed E-state index contributed by atoms with van der Waals surface area (Å²) in [5, 5.41) is 10.6. The molecule has 0 aliphatic rings. The number of hydrogen-bond donors (Lipinski definition) is 1. The first-order valence-corrected chi connectivity index (χ1v) is 7.50. The van der Waals surface area contributed by atoms with Crippen LogP contribution in [0, 0.1) is 21.3 Å². The minimum atomic E-state index is -4.17. The highest BCUT2D eigenvalue weighted by molar-refractivity contribution is 7.89. The predicted octanol–water partition coefficient (Wildman–Crippen LogP) is 1.98. The second-order valence-electron chi connectivity index (χ2n) is 5.92. The number of sulfonamides is 1. The summed E-state index contributed by atoms with van der Waals surface area (Å²) in [7, 11) is -2.86. The van der Waals surface area contributed by atoms with Crippen molar-refractivity contribution >= 4 is 21.4 Å². The van der Waals surface area contributed by atoms with E-state index in [4.69, 9.17) is 5.73 Å². The van der Waals surface area contributed by atoms with Crippen molar-refractivity contribution in [3.8, 4) is 0 Å². The van der Waals surface area contributed by atoms with Crippen LogP contribution in [0.5, 0.6) is 0 Å². The van der Waals surface area contributed by atoms with E-state index in [1.165, 1.54) is 7.05 Å². The monoisotopic (exact) mass is 319 g/mol. The van der Waals surface area contributed by atoms with Crippen LogP contribution in [0.15, 0.2) is 17.0 Å². The molecule has 0 spiro atoms. The molecule has 2 N–H and O–H groups in total. The Morgan fingerprint density at radius 2 is 1.90 bits per heavy atom. The summed E-state index contributed by atoms with van der Waals surface area (Å²) in [5.41, 5.74) is 4.08. The summed E-state index contributed by atoms with van der Waals surface area (Å²) in [4.78, 5) is 9.04. The number of anilines is 1. The predicted molar refractivity (Wildman–Crippen MR) is 76.7 cm³/mol. The number of halogens is 1. The molecule has 118 valence electrons. The lowest BCUT2D eigenvalue weighted by atomic mass is 9.97. The minimum absolute atomic E-state index is 0.144. The number of nitrogens with zero attached hydrogens (tertiary/aromatic N) is 2. The molecule has 0 fully saturated rings. The fourth-order valence-corrected chi connectivity index (χ4v) is 3.42. The topological polar surface area (TPSA) is 107 Å². The molecule has 0 aliphatic carbocycles. The molecule has 1 rings (SSSR count). The van der Waals surface area contributed by atoms with Gasteiger partial charge in [0.2, 0.25) is 10.0 Å². The quantitative estimate of drug-likeness (QED) is 0.519. The first-order valence-electron chi connectivity index (χ1n) is 6.06. The largest absolute Gasteiger partial charge is 0.397 e. The Bertz CT molecular complexity index is 645. The van der Waals surface area contributed by atoms with Crippen LogP contribution in [0.4, 0.5) is 15.8 Å². The first-order chi connectivity index (χ1) is 9.36. The highest BCUT2D eigenvalue weighted by atomic mass is 32.2. The maximum atomic E-state index is 14.0. The highest BCUT2D eigenvalue weighted by Gasteiger charge is 2.31. The SMILES string of the molecule is CN(CC(C)(C)C)S(=O)(=O)c1c(N)cc([N+](=O)[O-])cc1F. The maximum Gasteiger partial charge on any atom is 0.274 e. The molecule has 0 saturated heterocycles. The highest BCUT2D eigenvalue weighted by Crippen LogP contribution is 2.30. The number of nitrogens with two attached hydrogens (primary N) is 1. The van der Waals surface area contributed by atoms with Gasteiger partial charge in [0.25, 0.3) is 5.69 Å². The van der Waals surface area contributed by atoms with Crippen LogP contribution in [0.25, 0.3) is 0 Å². The molecule has 0 aliphatic heterocycles. The van der Waals surface area contributed by atoms with Crippen molar-refractivity contribution in [2.24, 2.45) is 5.41 Å². The number of hydrogen-bond acceptors (Lipinski definition) is 5. The van der Waals surface area contributed by atoms with Crippen LogP contribution in [-0.2, 0) is 10.0 Å². The zero-order valence-electron chi connectivity index (χ0n) is 12.3. The maximum absolute atomic E-state index is 14.0. The van der Waals surface area contributed by atoms with Crippen LogP contribution in [0.2, 0.25) is 0 Å². The molecule has 0 amide bonds. The molecular weight excluding hydrogens is 301 g/mol. The second-order valence-corrected chi connectivity index (χ2v) is 7.91. The Morgan fingerprint density at radius 1 is 1.38 bits per heavy atom. The van der Waals surface area contributed by atoms with Gasteiger partial charge >= 0.3 is 0 Å². The lowest BCUT2D eigenvalue weighted by Crippen LogP contribution is -2.35. The van der Waals surface area contributed by atoms with Crippen molar-refractivity contribution in [2.45, 2.75) is 25.7 Å². The van der Waals surface area contributed by atoms with E-state index < -0.39 is 37.0 Å². The molecule has 1 aromatic carbocycles. The van der Waals surface area contributed by atoms with E-state index in [0.717, 1.165) is 10.4 Å². The Morgan fingerprint density at radius 3 is 2.29 bits per heavy atom. The summed E-state index contributed by atoms with van der Waals surface area (Å²) in [6.07, 6.45) is 0. The van der Waals surface area contributed by atoms with E-state index in [2.05, 4.69) is 0 Å². The Balaban J connectivity index is 3.36. The van der Waals surface area contributed by atoms with Gasteiger partial charge in [-0.25, -0.2) is 17.1 Å². The molecule has 0 atom stereocenters. The Labute approximate surface area is 122 Å². The van der Waals surface area contributed by atoms with Crippen molar-refractivity contribution in [3.05, 3.63) is 28.1 Å². The van der Waals surface area contributed by atoms with Crippen LogP contribution in [0.1, 0.15) is 20.8 Å². The van der Waals surface area contributed by atoms with Gasteiger partial charge in [0.05, 0.1) is 16.7 Å². The van der Waals surface area contributed by atoms with Crippen LogP contribution < -0.4 is 5.73 Å². The second kappa shape index (κ2) is 5.57. The zero-order chi connectivity index (χ0) is 16.6. The van der Waals surface area contributed by atoms with Crippen LogP contribution in [-0.4, -0.2) is 31.2 Å². The van der Waals surface area contributed by atoms with Gasteiger partial charge in [-0.05, 0) is 5.41 Å². The third-order valence-corrected chi connectivity index (χ3v) is 4.53. The molecule has 0 saturated carbocycles. The number of benzene rings is 1. The van der Waals surface area contributed by atoms with Gasteiger partial charge in [-0.15, -0.1) is 0 Å². The normalized spacial score (nSPS) is 12.7. The summed E-state index contributed by atoms with van der Waals surface area (Å²) in [5.74, 6) is -1.23. The standard InChI is InChI=1S/C12H18FN3O4S/c1-12(2,3)7-15(4)21(19,20)11-9(13)5-8(16(17)18)6-10(11)14/h5-6H,7,14H2,1-4H3. The molecule has 0 unspecified atom stereocenters. The van der Waals surface area contributed by atoms with Gasteiger partial charge in [-0.1, -0.05) is 20.8 Å². The van der Waals surface area contributed by atoms with E-state index in [1.54, 1.807) is 0 Å². The fourth-order valence-electron chi connectivity index (χ4n) is 1.89. The molecule has 0 aromatic heterocycles. The lowest BCUT2D eigenvalue weighted by Gasteiger charge is -2.26. The molecule has 0 bridgehead atoms. The number of non-ortho nitro benzene ring substituents is 1. The number of nitro benzene ring substituents is 1. The van der Waals surface area contributed by atoms with E-state index in [9.17, 15) is 22.9 Å². The molecule has 7 nitrogen and oxygen atoms in total. The zero-order valence-corrected chi connectivity index (χ0v) is 13.1. The van der Waals surface area contributed by atoms with Crippen molar-refractivity contribution < 1.29 is 17.7 Å². The molecule has 9 heteroatoms.